The van der Waals surface area contributed by atoms with Gasteiger partial charge in [0.25, 0.3) is 5.56 Å². The fraction of sp³-hybridized carbons (Fsp3) is 0.200. The molecule has 7 nitrogen and oxygen atoms in total. The van der Waals surface area contributed by atoms with E-state index in [2.05, 4.69) is 15.3 Å². The highest BCUT2D eigenvalue weighted by Gasteiger charge is 2.20. The number of pyridine rings is 1. The van der Waals surface area contributed by atoms with E-state index in [0.29, 0.717) is 35.2 Å². The number of halogens is 3. The Labute approximate surface area is 198 Å². The third-order valence-electron chi connectivity index (χ3n) is 5.50. The second-order valence-corrected chi connectivity index (χ2v) is 7.94. The number of rotatable bonds is 8. The molecule has 4 rings (SSSR count). The van der Waals surface area contributed by atoms with Crippen LogP contribution in [-0.2, 0) is 4.79 Å². The lowest BCUT2D eigenvalue weighted by Gasteiger charge is -2.16. The number of hydrogen-bond acceptors (Lipinski definition) is 6. The Bertz CT molecular complexity index is 1470. The monoisotopic (exact) mass is 481 g/mol. The Kier molecular flexibility index (Phi) is 6.92. The van der Waals surface area contributed by atoms with Crippen molar-refractivity contribution in [1.29, 1.82) is 0 Å². The van der Waals surface area contributed by atoms with Crippen LogP contribution in [0.2, 0.25) is 0 Å². The van der Waals surface area contributed by atoms with Crippen molar-refractivity contribution < 1.29 is 18.0 Å². The first-order valence-electron chi connectivity index (χ1n) is 10.9. The van der Waals surface area contributed by atoms with Crippen molar-refractivity contribution in [1.82, 2.24) is 14.5 Å². The largest absolute Gasteiger partial charge is 0.354 e. The van der Waals surface area contributed by atoms with Gasteiger partial charge in [-0.15, -0.1) is 0 Å². The Morgan fingerprint density at radius 3 is 2.49 bits per heavy atom. The van der Waals surface area contributed by atoms with Gasteiger partial charge in [0.05, 0.1) is 12.2 Å². The molecule has 10 heteroatoms. The van der Waals surface area contributed by atoms with Gasteiger partial charge in [0.2, 0.25) is 5.95 Å². The lowest BCUT2D eigenvalue weighted by molar-refractivity contribution is -0.117. The third kappa shape index (κ3) is 4.92. The molecule has 0 fully saturated rings. The van der Waals surface area contributed by atoms with Crippen molar-refractivity contribution in [3.8, 4) is 16.9 Å². The molecule has 0 spiro atoms. The van der Waals surface area contributed by atoms with Gasteiger partial charge < -0.3 is 11.1 Å². The number of Topliss-reactive ketones (excluding diaryl/α,β-unsaturated/α-hetero) is 1. The maximum absolute atomic E-state index is 14.7. The number of nitrogens with one attached hydrogen (secondary N) is 1. The minimum absolute atomic E-state index is 0.0317. The molecule has 0 saturated carbocycles. The summed E-state index contributed by atoms with van der Waals surface area (Å²) in [5.41, 5.74) is 5.51. The predicted octanol–water partition coefficient (Wildman–Crippen LogP) is 3.89. The zero-order chi connectivity index (χ0) is 25.1. The molecule has 0 atom stereocenters. The average molecular weight is 481 g/mol. The minimum atomic E-state index is -0.937. The highest BCUT2D eigenvalue weighted by atomic mass is 19.1. The van der Waals surface area contributed by atoms with Crippen molar-refractivity contribution in [2.45, 2.75) is 19.8 Å². The molecule has 0 saturated heterocycles. The lowest BCUT2D eigenvalue weighted by atomic mass is 10.0. The van der Waals surface area contributed by atoms with E-state index in [9.17, 15) is 22.8 Å². The molecule has 0 bridgehead atoms. The zero-order valence-electron chi connectivity index (χ0n) is 18.8. The van der Waals surface area contributed by atoms with Crippen molar-refractivity contribution >= 4 is 22.8 Å². The van der Waals surface area contributed by atoms with E-state index in [0.717, 1.165) is 16.7 Å². The molecule has 0 radical (unpaired) electrons. The smallest absolute Gasteiger partial charge is 0.256 e. The fourth-order valence-corrected chi connectivity index (χ4v) is 3.80. The van der Waals surface area contributed by atoms with Gasteiger partial charge in [-0.3, -0.25) is 14.2 Å². The Balaban J connectivity index is 1.94. The van der Waals surface area contributed by atoms with E-state index < -0.39 is 28.7 Å². The molecule has 3 N–H and O–H groups in total. The molecular formula is C25H22F3N5O2. The number of fused-ring (bicyclic) bond motifs is 1. The maximum atomic E-state index is 14.7. The first kappa shape index (κ1) is 24.1. The molecule has 0 unspecified atom stereocenters. The summed E-state index contributed by atoms with van der Waals surface area (Å²) in [5.74, 6) is -2.33. The summed E-state index contributed by atoms with van der Waals surface area (Å²) in [4.78, 5) is 33.2. The number of nitrogens with two attached hydrogens (primary N) is 1. The highest BCUT2D eigenvalue weighted by Crippen LogP contribution is 2.31. The van der Waals surface area contributed by atoms with Gasteiger partial charge in [-0.1, -0.05) is 6.07 Å². The lowest BCUT2D eigenvalue weighted by Crippen LogP contribution is -2.22. The normalized spacial score (nSPS) is 11.1. The first-order chi connectivity index (χ1) is 16.8. The van der Waals surface area contributed by atoms with Crippen molar-refractivity contribution in [3.63, 3.8) is 0 Å². The number of carbonyl (C=O) groups is 1. The quantitative estimate of drug-likeness (QED) is 0.370. The van der Waals surface area contributed by atoms with Gasteiger partial charge in [0, 0.05) is 30.0 Å². The van der Waals surface area contributed by atoms with Gasteiger partial charge in [0.1, 0.15) is 28.9 Å². The highest BCUT2D eigenvalue weighted by molar-refractivity contribution is 5.93. The van der Waals surface area contributed by atoms with Crippen molar-refractivity contribution in [3.05, 3.63) is 81.9 Å². The number of aromatic nitrogens is 3. The van der Waals surface area contributed by atoms with E-state index in [4.69, 9.17) is 5.73 Å². The van der Waals surface area contributed by atoms with E-state index >= 15 is 0 Å². The predicted molar refractivity (Wildman–Crippen MR) is 127 cm³/mol. The molecule has 2 aromatic heterocycles. The topological polar surface area (TPSA) is 103 Å². The summed E-state index contributed by atoms with van der Waals surface area (Å²) in [6, 6.07) is 10.1. The van der Waals surface area contributed by atoms with Crippen LogP contribution >= 0.6 is 0 Å². The number of para-hydroxylation sites is 1. The van der Waals surface area contributed by atoms with Crippen LogP contribution in [0.25, 0.3) is 28.0 Å². The van der Waals surface area contributed by atoms with Crippen molar-refractivity contribution in [2.75, 3.05) is 18.4 Å². The van der Waals surface area contributed by atoms with Crippen LogP contribution in [0.4, 0.5) is 19.1 Å². The van der Waals surface area contributed by atoms with Crippen LogP contribution in [0.1, 0.15) is 18.4 Å². The molecule has 4 aromatic rings. The van der Waals surface area contributed by atoms with Crippen LogP contribution in [0.5, 0.6) is 0 Å². The first-order valence-corrected chi connectivity index (χ1v) is 10.9. The molecule has 35 heavy (non-hydrogen) atoms. The Morgan fingerprint density at radius 2 is 1.80 bits per heavy atom. The van der Waals surface area contributed by atoms with Crippen LogP contribution < -0.4 is 16.6 Å². The number of anilines is 1. The molecule has 2 heterocycles. The number of carbonyl (C=O) groups excluding carboxylic acids is 1. The minimum Gasteiger partial charge on any atom is -0.354 e. The summed E-state index contributed by atoms with van der Waals surface area (Å²) in [6.45, 7) is 1.95. The Morgan fingerprint density at radius 1 is 1.06 bits per heavy atom. The summed E-state index contributed by atoms with van der Waals surface area (Å²) in [5, 5.41) is 3.33. The molecule has 0 amide bonds. The van der Waals surface area contributed by atoms with E-state index in [-0.39, 0.29) is 30.3 Å². The zero-order valence-corrected chi connectivity index (χ0v) is 18.8. The van der Waals surface area contributed by atoms with Crippen LogP contribution in [0, 0.1) is 24.4 Å². The van der Waals surface area contributed by atoms with Crippen LogP contribution in [0.3, 0.4) is 0 Å². The molecular weight excluding hydrogens is 459 g/mol. The SMILES string of the molecule is Cc1cc(F)ccc1-c1nc(NCCCC(=O)CN)nc2c1ccc(=O)n2-c1c(F)cccc1F. The number of nitrogens with zero attached hydrogens (tertiary/aromatic N) is 3. The van der Waals surface area contributed by atoms with Gasteiger partial charge in [-0.05, 0) is 55.3 Å². The number of aryl methyl sites for hydroxylation is 1. The molecule has 0 aliphatic rings. The van der Waals surface area contributed by atoms with Crippen LogP contribution in [-0.4, -0.2) is 33.4 Å². The number of hydrogen-bond donors (Lipinski definition) is 2. The standard InChI is InChI=1S/C25H22F3N5O2/c1-14-12-15(26)7-8-17(14)22-18-9-10-21(35)33(23-19(27)5-2-6-20(23)28)24(18)32-25(31-22)30-11-3-4-16(34)13-29/h2,5-10,12H,3-4,11,13,29H2,1H3,(H,30,31,32). The van der Waals surface area contributed by atoms with Gasteiger partial charge in [-0.25, -0.2) is 18.2 Å². The fourth-order valence-electron chi connectivity index (χ4n) is 3.80. The third-order valence-corrected chi connectivity index (χ3v) is 5.50. The molecule has 0 aliphatic carbocycles. The second-order valence-electron chi connectivity index (χ2n) is 7.94. The summed E-state index contributed by atoms with van der Waals surface area (Å²) in [7, 11) is 0. The summed E-state index contributed by atoms with van der Waals surface area (Å²) >= 11 is 0. The van der Waals surface area contributed by atoms with Crippen LogP contribution in [0.15, 0.2) is 53.3 Å². The summed E-state index contributed by atoms with van der Waals surface area (Å²) in [6.07, 6.45) is 0.706. The van der Waals surface area contributed by atoms with Gasteiger partial charge in [0.15, 0.2) is 5.65 Å². The number of benzene rings is 2. The molecule has 2 aromatic carbocycles. The second kappa shape index (κ2) is 10.1. The number of ketones is 1. The van der Waals surface area contributed by atoms with Gasteiger partial charge >= 0.3 is 0 Å². The van der Waals surface area contributed by atoms with Gasteiger partial charge in [-0.2, -0.15) is 4.98 Å². The average Bonchev–Trinajstić information content (AvgIpc) is 2.82. The van der Waals surface area contributed by atoms with Crippen molar-refractivity contribution in [2.24, 2.45) is 5.73 Å². The molecule has 180 valence electrons. The summed E-state index contributed by atoms with van der Waals surface area (Å²) < 4.78 is 44.0. The van der Waals surface area contributed by atoms with E-state index in [1.807, 2.05) is 0 Å². The van der Waals surface area contributed by atoms with E-state index in [1.54, 1.807) is 6.92 Å². The van der Waals surface area contributed by atoms with E-state index in [1.165, 1.54) is 36.4 Å². The maximum Gasteiger partial charge on any atom is 0.256 e. The Hall–Kier alpha value is -4.05. The molecule has 0 aliphatic heterocycles.